The van der Waals surface area contributed by atoms with Crippen molar-refractivity contribution in [1.82, 2.24) is 0 Å². The molecule has 0 heterocycles. The van der Waals surface area contributed by atoms with Gasteiger partial charge in [-0.15, -0.1) is 11.8 Å². The van der Waals surface area contributed by atoms with Gasteiger partial charge in [0.2, 0.25) is 0 Å². The fourth-order valence-corrected chi connectivity index (χ4v) is 0.868. The van der Waals surface area contributed by atoms with Gasteiger partial charge in [0, 0.05) is 6.42 Å². The highest BCUT2D eigenvalue weighted by atomic mass is 32.2. The molecule has 1 N–H and O–H groups in total. The van der Waals surface area contributed by atoms with E-state index >= 15 is 0 Å². The molecule has 0 saturated heterocycles. The summed E-state index contributed by atoms with van der Waals surface area (Å²) in [5.74, 6) is 0.134. The van der Waals surface area contributed by atoms with Gasteiger partial charge in [0.1, 0.15) is 0 Å². The van der Waals surface area contributed by atoms with Crippen molar-refractivity contribution in [3.8, 4) is 0 Å². The smallest absolute Gasteiger partial charge is 0.303 e. The molecule has 0 bridgehead atoms. The van der Waals surface area contributed by atoms with E-state index in [9.17, 15) is 4.79 Å². The van der Waals surface area contributed by atoms with E-state index in [1.54, 1.807) is 17.2 Å². The minimum atomic E-state index is -0.723. The van der Waals surface area contributed by atoms with Gasteiger partial charge in [-0.25, -0.2) is 0 Å². The molecule has 52 valence electrons. The van der Waals surface area contributed by atoms with E-state index < -0.39 is 5.97 Å². The average molecular weight is 146 g/mol. The van der Waals surface area contributed by atoms with Crippen molar-refractivity contribution in [3.05, 3.63) is 12.0 Å². The number of hydrogen-bond acceptors (Lipinski definition) is 2. The van der Waals surface area contributed by atoms with Crippen LogP contribution in [0.25, 0.3) is 0 Å². The predicted octanol–water partition coefficient (Wildman–Crippen LogP) is 1.73. The quantitative estimate of drug-likeness (QED) is 0.600. The van der Waals surface area contributed by atoms with E-state index in [-0.39, 0.29) is 6.42 Å². The van der Waals surface area contributed by atoms with Crippen LogP contribution < -0.4 is 0 Å². The molecule has 0 aliphatic rings. The molecule has 0 aromatic heterocycles. The van der Waals surface area contributed by atoms with Crippen LogP contribution in [-0.4, -0.2) is 16.8 Å². The molecular formula is C6H10O2S. The summed E-state index contributed by atoms with van der Waals surface area (Å²) in [5, 5.41) is 9.90. The molecule has 0 saturated carbocycles. The predicted molar refractivity (Wildman–Crippen MR) is 39.5 cm³/mol. The normalized spacial score (nSPS) is 8.89. The maximum Gasteiger partial charge on any atom is 0.303 e. The zero-order valence-corrected chi connectivity index (χ0v) is 5.99. The van der Waals surface area contributed by atoms with Gasteiger partial charge in [-0.2, -0.15) is 0 Å². The van der Waals surface area contributed by atoms with Crippen molar-refractivity contribution in [1.29, 1.82) is 0 Å². The second kappa shape index (κ2) is 5.69. The number of aliphatic carboxylic acids is 1. The minimum Gasteiger partial charge on any atom is -0.481 e. The highest BCUT2D eigenvalue weighted by molar-refractivity contribution is 8.02. The highest BCUT2D eigenvalue weighted by Gasteiger charge is 1.93. The molecule has 0 unspecified atom stereocenters. The molecule has 0 aliphatic heterocycles. The molecule has 0 spiro atoms. The van der Waals surface area contributed by atoms with E-state index in [1.807, 2.05) is 0 Å². The molecule has 0 aromatic carbocycles. The van der Waals surface area contributed by atoms with Crippen LogP contribution in [0, 0.1) is 0 Å². The van der Waals surface area contributed by atoms with Gasteiger partial charge >= 0.3 is 5.97 Å². The van der Waals surface area contributed by atoms with Crippen LogP contribution in [-0.2, 0) is 4.79 Å². The van der Waals surface area contributed by atoms with Crippen molar-refractivity contribution in [2.75, 3.05) is 5.75 Å². The Morgan fingerprint density at radius 1 is 1.78 bits per heavy atom. The third kappa shape index (κ3) is 7.56. The van der Waals surface area contributed by atoms with Gasteiger partial charge in [0.15, 0.2) is 0 Å². The molecule has 0 atom stereocenters. The van der Waals surface area contributed by atoms with Crippen LogP contribution in [0.1, 0.15) is 12.8 Å². The summed E-state index contributed by atoms with van der Waals surface area (Å²) in [6.07, 6.45) is 0.993. The lowest BCUT2D eigenvalue weighted by atomic mass is 10.3. The van der Waals surface area contributed by atoms with E-state index in [1.165, 1.54) is 0 Å². The molecule has 0 aromatic rings. The van der Waals surface area contributed by atoms with Crippen molar-refractivity contribution < 1.29 is 9.90 Å². The number of carboxylic acids is 1. The molecule has 0 aliphatic carbocycles. The SMILES string of the molecule is C=CSCCCC(=O)O. The van der Waals surface area contributed by atoms with Crippen LogP contribution in [0.3, 0.4) is 0 Å². The molecule has 0 radical (unpaired) electrons. The summed E-state index contributed by atoms with van der Waals surface area (Å²) in [6, 6.07) is 0. The Balaban J connectivity index is 2.91. The Kier molecular flexibility index (Phi) is 5.41. The van der Waals surface area contributed by atoms with E-state index in [2.05, 4.69) is 6.58 Å². The first-order valence-corrected chi connectivity index (χ1v) is 3.76. The summed E-state index contributed by atoms with van der Waals surface area (Å²) in [6.45, 7) is 3.49. The fourth-order valence-electron chi connectivity index (χ4n) is 0.390. The molecule has 2 nitrogen and oxygen atoms in total. The summed E-state index contributed by atoms with van der Waals surface area (Å²) >= 11 is 1.55. The van der Waals surface area contributed by atoms with Crippen LogP contribution in [0.2, 0.25) is 0 Å². The first-order chi connectivity index (χ1) is 4.27. The largest absolute Gasteiger partial charge is 0.481 e. The topological polar surface area (TPSA) is 37.3 Å². The number of thioether (sulfide) groups is 1. The number of hydrogen-bond donors (Lipinski definition) is 1. The van der Waals surface area contributed by atoms with Crippen LogP contribution in [0.4, 0.5) is 0 Å². The lowest BCUT2D eigenvalue weighted by molar-refractivity contribution is -0.137. The van der Waals surface area contributed by atoms with Crippen LogP contribution >= 0.6 is 11.8 Å². The average Bonchev–Trinajstić information content (AvgIpc) is 1.80. The van der Waals surface area contributed by atoms with Crippen molar-refractivity contribution in [2.24, 2.45) is 0 Å². The number of carbonyl (C=O) groups is 1. The van der Waals surface area contributed by atoms with Crippen molar-refractivity contribution >= 4 is 17.7 Å². The van der Waals surface area contributed by atoms with E-state index in [4.69, 9.17) is 5.11 Å². The van der Waals surface area contributed by atoms with Crippen LogP contribution in [0.15, 0.2) is 12.0 Å². The standard InChI is InChI=1S/C6H10O2S/c1-2-9-5-3-4-6(7)8/h2H,1,3-5H2,(H,7,8). The molecular weight excluding hydrogens is 136 g/mol. The first-order valence-electron chi connectivity index (χ1n) is 2.71. The lowest BCUT2D eigenvalue weighted by Crippen LogP contribution is -1.94. The minimum absolute atomic E-state index is 0.265. The second-order valence-corrected chi connectivity index (χ2v) is 2.61. The number of rotatable bonds is 5. The fraction of sp³-hybridized carbons (Fsp3) is 0.500. The summed E-state index contributed by atoms with van der Waals surface area (Å²) in [4.78, 5) is 9.93. The summed E-state index contributed by atoms with van der Waals surface area (Å²) in [7, 11) is 0. The van der Waals surface area contributed by atoms with Gasteiger partial charge in [-0.1, -0.05) is 6.58 Å². The molecule has 0 rings (SSSR count). The van der Waals surface area contributed by atoms with Crippen molar-refractivity contribution in [2.45, 2.75) is 12.8 Å². The monoisotopic (exact) mass is 146 g/mol. The van der Waals surface area contributed by atoms with Crippen LogP contribution in [0.5, 0.6) is 0 Å². The molecule has 0 fully saturated rings. The zero-order chi connectivity index (χ0) is 7.11. The third-order valence-corrected chi connectivity index (χ3v) is 1.53. The maximum atomic E-state index is 9.93. The Bertz CT molecular complexity index is 101. The Morgan fingerprint density at radius 2 is 2.44 bits per heavy atom. The second-order valence-electron chi connectivity index (χ2n) is 1.53. The van der Waals surface area contributed by atoms with Gasteiger partial charge in [0.25, 0.3) is 0 Å². The Morgan fingerprint density at radius 3 is 2.89 bits per heavy atom. The van der Waals surface area contributed by atoms with Gasteiger partial charge in [0.05, 0.1) is 0 Å². The van der Waals surface area contributed by atoms with Gasteiger partial charge in [-0.3, -0.25) is 4.79 Å². The maximum absolute atomic E-state index is 9.93. The zero-order valence-electron chi connectivity index (χ0n) is 5.17. The van der Waals surface area contributed by atoms with E-state index in [0.717, 1.165) is 12.2 Å². The third-order valence-electron chi connectivity index (χ3n) is 0.771. The lowest BCUT2D eigenvalue weighted by Gasteiger charge is -1.90. The number of carboxylic acid groups (broad SMARTS) is 1. The van der Waals surface area contributed by atoms with Gasteiger partial charge in [-0.05, 0) is 17.6 Å². The van der Waals surface area contributed by atoms with Crippen molar-refractivity contribution in [3.63, 3.8) is 0 Å². The molecule has 0 amide bonds. The van der Waals surface area contributed by atoms with E-state index in [0.29, 0.717) is 0 Å². The molecule has 9 heavy (non-hydrogen) atoms. The molecule has 3 heteroatoms. The first kappa shape index (κ1) is 8.56. The Hall–Kier alpha value is -0.440. The Labute approximate surface area is 59.0 Å². The summed E-state index contributed by atoms with van der Waals surface area (Å²) < 4.78 is 0. The van der Waals surface area contributed by atoms with Gasteiger partial charge < -0.3 is 5.11 Å². The highest BCUT2D eigenvalue weighted by Crippen LogP contribution is 2.03. The summed E-state index contributed by atoms with van der Waals surface area (Å²) in [5.41, 5.74) is 0.